The lowest BCUT2D eigenvalue weighted by Crippen LogP contribution is -2.29. The van der Waals surface area contributed by atoms with E-state index in [-0.39, 0.29) is 18.4 Å². The molecule has 29 heavy (non-hydrogen) atoms. The van der Waals surface area contributed by atoms with Crippen LogP contribution in [-0.4, -0.2) is 40.3 Å². The predicted molar refractivity (Wildman–Crippen MR) is 112 cm³/mol. The molecule has 0 saturated heterocycles. The van der Waals surface area contributed by atoms with Crippen LogP contribution in [-0.2, 0) is 22.5 Å². The van der Waals surface area contributed by atoms with E-state index in [1.165, 1.54) is 29.4 Å². The summed E-state index contributed by atoms with van der Waals surface area (Å²) in [5.74, 6) is -0.462. The van der Waals surface area contributed by atoms with Crippen LogP contribution in [0.3, 0.4) is 0 Å². The van der Waals surface area contributed by atoms with Crippen LogP contribution in [0, 0.1) is 0 Å². The molecular formula is C21H20N4O3S. The zero-order valence-corrected chi connectivity index (χ0v) is 16.7. The van der Waals surface area contributed by atoms with E-state index in [1.54, 1.807) is 16.9 Å². The molecule has 7 nitrogen and oxygen atoms in total. The molecule has 8 heteroatoms. The van der Waals surface area contributed by atoms with E-state index >= 15 is 0 Å². The number of para-hydroxylation sites is 1. The molecule has 0 aliphatic heterocycles. The van der Waals surface area contributed by atoms with Crippen LogP contribution in [0.1, 0.15) is 15.2 Å². The van der Waals surface area contributed by atoms with Crippen molar-refractivity contribution in [2.45, 2.75) is 13.0 Å². The summed E-state index contributed by atoms with van der Waals surface area (Å²) in [6.07, 6.45) is 4.50. The van der Waals surface area contributed by atoms with E-state index in [0.29, 0.717) is 11.4 Å². The molecule has 0 radical (unpaired) electrons. The summed E-state index contributed by atoms with van der Waals surface area (Å²) in [7, 11) is 1.35. The van der Waals surface area contributed by atoms with Crippen LogP contribution in [0.5, 0.6) is 0 Å². The van der Waals surface area contributed by atoms with Gasteiger partial charge in [-0.15, -0.1) is 11.3 Å². The van der Waals surface area contributed by atoms with Crippen molar-refractivity contribution in [2.75, 3.05) is 13.7 Å². The molecular weight excluding hydrogens is 388 g/mol. The average Bonchev–Trinajstić information content (AvgIpc) is 3.47. The molecule has 0 saturated carbocycles. The Hall–Kier alpha value is -3.39. The molecule has 4 rings (SSSR count). The molecule has 3 heterocycles. The summed E-state index contributed by atoms with van der Waals surface area (Å²) < 4.78 is 6.31. The number of rotatable bonds is 7. The van der Waals surface area contributed by atoms with Crippen LogP contribution < -0.4 is 5.32 Å². The first-order valence-electron chi connectivity index (χ1n) is 9.17. The molecule has 148 valence electrons. The van der Waals surface area contributed by atoms with Gasteiger partial charge in [0, 0.05) is 29.8 Å². The highest BCUT2D eigenvalue weighted by atomic mass is 32.1. The quantitative estimate of drug-likeness (QED) is 0.460. The molecule has 3 aromatic heterocycles. The van der Waals surface area contributed by atoms with E-state index in [0.717, 1.165) is 22.5 Å². The minimum atomic E-state index is -0.365. The van der Waals surface area contributed by atoms with Gasteiger partial charge in [0.05, 0.1) is 12.0 Å². The Balaban J connectivity index is 1.31. The zero-order valence-electron chi connectivity index (χ0n) is 15.8. The molecule has 1 amide bonds. The Morgan fingerprint density at radius 3 is 2.93 bits per heavy atom. The van der Waals surface area contributed by atoms with E-state index in [4.69, 9.17) is 4.74 Å². The summed E-state index contributed by atoms with van der Waals surface area (Å²) in [4.78, 5) is 28.4. The minimum absolute atomic E-state index is 0.0964. The third-order valence-electron chi connectivity index (χ3n) is 4.58. The molecule has 0 aliphatic rings. The second-order valence-electron chi connectivity index (χ2n) is 6.51. The first kappa shape index (κ1) is 18.9. The number of fused-ring (bicyclic) bond motifs is 1. The second-order valence-corrected chi connectivity index (χ2v) is 7.60. The maximum Gasteiger partial charge on any atom is 0.348 e. The van der Waals surface area contributed by atoms with Crippen molar-refractivity contribution in [1.29, 1.82) is 0 Å². The van der Waals surface area contributed by atoms with Gasteiger partial charge in [0.2, 0.25) is 5.91 Å². The summed E-state index contributed by atoms with van der Waals surface area (Å²) in [5, 5.41) is 8.55. The Kier molecular flexibility index (Phi) is 5.44. The van der Waals surface area contributed by atoms with Crippen molar-refractivity contribution >= 4 is 34.1 Å². The number of hydrogen-bond acceptors (Lipinski definition) is 5. The number of aromatic amines is 1. The standard InChI is InChI=1S/C21H20N4O3S/c1-28-21(27)19-7-6-18(29-19)17-9-11-25(24-17)13-20(26)22-10-8-14-12-23-16-5-3-2-4-15(14)16/h2-7,9,11-12,23H,8,10,13H2,1H3,(H,22,26). The van der Waals surface area contributed by atoms with Gasteiger partial charge in [0.15, 0.2) is 0 Å². The van der Waals surface area contributed by atoms with Crippen molar-refractivity contribution < 1.29 is 14.3 Å². The topological polar surface area (TPSA) is 89.0 Å². The van der Waals surface area contributed by atoms with Gasteiger partial charge in [-0.2, -0.15) is 5.10 Å². The Labute approximate surface area is 171 Å². The summed E-state index contributed by atoms with van der Waals surface area (Å²) >= 11 is 1.31. The maximum absolute atomic E-state index is 12.2. The maximum atomic E-state index is 12.2. The highest BCUT2D eigenvalue weighted by Gasteiger charge is 2.13. The fourth-order valence-electron chi connectivity index (χ4n) is 3.15. The SMILES string of the molecule is COC(=O)c1ccc(-c2ccn(CC(=O)NCCc3c[nH]c4ccccc34)n2)s1. The molecule has 0 unspecified atom stereocenters. The van der Waals surface area contributed by atoms with Crippen molar-refractivity contribution in [3.8, 4) is 10.6 Å². The third kappa shape index (κ3) is 4.22. The number of carbonyl (C=O) groups is 2. The highest BCUT2D eigenvalue weighted by Crippen LogP contribution is 2.27. The van der Waals surface area contributed by atoms with Gasteiger partial charge >= 0.3 is 5.97 Å². The summed E-state index contributed by atoms with van der Waals surface area (Å²) in [6, 6.07) is 13.5. The van der Waals surface area contributed by atoms with Crippen LogP contribution in [0.4, 0.5) is 0 Å². The first-order valence-corrected chi connectivity index (χ1v) is 9.99. The average molecular weight is 408 g/mol. The smallest absolute Gasteiger partial charge is 0.348 e. The van der Waals surface area contributed by atoms with E-state index in [9.17, 15) is 9.59 Å². The van der Waals surface area contributed by atoms with Gasteiger partial charge in [-0.25, -0.2) is 4.79 Å². The molecule has 0 atom stereocenters. The zero-order chi connectivity index (χ0) is 20.2. The number of aromatic nitrogens is 3. The van der Waals surface area contributed by atoms with E-state index < -0.39 is 0 Å². The van der Waals surface area contributed by atoms with Crippen molar-refractivity contribution in [3.05, 3.63) is 65.3 Å². The molecule has 0 aliphatic carbocycles. The Morgan fingerprint density at radius 2 is 2.07 bits per heavy atom. The van der Waals surface area contributed by atoms with Crippen molar-refractivity contribution in [3.63, 3.8) is 0 Å². The molecule has 0 fully saturated rings. The molecule has 0 bridgehead atoms. The molecule has 4 aromatic rings. The van der Waals surface area contributed by atoms with Crippen LogP contribution >= 0.6 is 11.3 Å². The number of carbonyl (C=O) groups excluding carboxylic acids is 2. The first-order chi connectivity index (χ1) is 14.1. The lowest BCUT2D eigenvalue weighted by atomic mass is 10.1. The lowest BCUT2D eigenvalue weighted by molar-refractivity contribution is -0.121. The number of nitrogens with one attached hydrogen (secondary N) is 2. The number of ether oxygens (including phenoxy) is 1. The van der Waals surface area contributed by atoms with Crippen molar-refractivity contribution in [2.24, 2.45) is 0 Å². The number of amides is 1. The number of nitrogens with zero attached hydrogens (tertiary/aromatic N) is 2. The lowest BCUT2D eigenvalue weighted by Gasteiger charge is -2.05. The van der Waals surface area contributed by atoms with E-state index in [2.05, 4.69) is 21.5 Å². The number of hydrogen-bond donors (Lipinski definition) is 2. The number of esters is 1. The third-order valence-corrected chi connectivity index (χ3v) is 5.67. The van der Waals surface area contributed by atoms with Crippen LogP contribution in [0.15, 0.2) is 54.9 Å². The fourth-order valence-corrected chi connectivity index (χ4v) is 4.03. The van der Waals surface area contributed by atoms with Gasteiger partial charge in [0.1, 0.15) is 17.1 Å². The number of methoxy groups -OCH3 is 1. The van der Waals surface area contributed by atoms with Gasteiger partial charge in [0.25, 0.3) is 0 Å². The van der Waals surface area contributed by atoms with Gasteiger partial charge in [-0.05, 0) is 36.2 Å². The van der Waals surface area contributed by atoms with Crippen LogP contribution in [0.2, 0.25) is 0 Å². The van der Waals surface area contributed by atoms with Crippen LogP contribution in [0.25, 0.3) is 21.5 Å². The molecule has 2 N–H and O–H groups in total. The van der Waals surface area contributed by atoms with Gasteiger partial charge < -0.3 is 15.0 Å². The van der Waals surface area contributed by atoms with E-state index in [1.807, 2.05) is 36.5 Å². The second kappa shape index (κ2) is 8.32. The molecule has 0 spiro atoms. The Morgan fingerprint density at radius 1 is 1.21 bits per heavy atom. The number of benzene rings is 1. The highest BCUT2D eigenvalue weighted by molar-refractivity contribution is 7.17. The normalized spacial score (nSPS) is 10.9. The summed E-state index contributed by atoms with van der Waals surface area (Å²) in [6.45, 7) is 0.700. The number of thiophene rings is 1. The monoisotopic (exact) mass is 408 g/mol. The van der Waals surface area contributed by atoms with Gasteiger partial charge in [-0.3, -0.25) is 9.48 Å². The number of H-pyrrole nitrogens is 1. The fraction of sp³-hybridized carbons (Fsp3) is 0.190. The summed E-state index contributed by atoms with van der Waals surface area (Å²) in [5.41, 5.74) is 3.00. The predicted octanol–water partition coefficient (Wildman–Crippen LogP) is 3.24. The Bertz CT molecular complexity index is 1160. The minimum Gasteiger partial charge on any atom is -0.465 e. The molecule has 1 aromatic carbocycles. The largest absolute Gasteiger partial charge is 0.465 e. The van der Waals surface area contributed by atoms with Crippen molar-refractivity contribution in [1.82, 2.24) is 20.1 Å². The van der Waals surface area contributed by atoms with Gasteiger partial charge in [-0.1, -0.05) is 18.2 Å².